The molecule has 2 aliphatic heterocycles. The third-order valence-electron chi connectivity index (χ3n) is 6.24. The number of benzene rings is 1. The molecule has 4 heterocycles. The second-order valence-electron chi connectivity index (χ2n) is 8.11. The topological polar surface area (TPSA) is 103 Å². The molecule has 158 valence electrons. The fourth-order valence-corrected chi connectivity index (χ4v) is 4.48. The first-order valence-electron chi connectivity index (χ1n) is 10.2. The number of carbonyl (C=O) groups excluding carboxylic acids is 1. The Kier molecular flexibility index (Phi) is 4.53. The first-order chi connectivity index (χ1) is 15.0. The highest BCUT2D eigenvalue weighted by molar-refractivity contribution is 5.92. The Hall–Kier alpha value is -3.62. The van der Waals surface area contributed by atoms with Crippen molar-refractivity contribution < 1.29 is 9.53 Å². The van der Waals surface area contributed by atoms with Crippen LogP contribution < -0.4 is 10.3 Å². The van der Waals surface area contributed by atoms with Gasteiger partial charge in [-0.15, -0.1) is 10.2 Å². The van der Waals surface area contributed by atoms with Crippen molar-refractivity contribution in [2.24, 2.45) is 0 Å². The van der Waals surface area contributed by atoms with Crippen molar-refractivity contribution in [1.29, 1.82) is 0 Å². The maximum absolute atomic E-state index is 13.2. The lowest BCUT2D eigenvalue weighted by atomic mass is 9.85. The van der Waals surface area contributed by atoms with Gasteiger partial charge in [-0.05, 0) is 44.0 Å². The molecule has 0 N–H and O–H groups in total. The van der Waals surface area contributed by atoms with E-state index in [-0.39, 0.29) is 16.9 Å². The molecule has 0 aliphatic carbocycles. The Labute approximate surface area is 178 Å². The maximum Gasteiger partial charge on any atom is 0.280 e. The Morgan fingerprint density at radius 2 is 1.84 bits per heavy atom. The molecule has 1 fully saturated rings. The summed E-state index contributed by atoms with van der Waals surface area (Å²) in [4.78, 5) is 36.2. The van der Waals surface area contributed by atoms with Crippen molar-refractivity contribution >= 4 is 5.91 Å². The van der Waals surface area contributed by atoms with Crippen LogP contribution in [0.3, 0.4) is 0 Å². The summed E-state index contributed by atoms with van der Waals surface area (Å²) < 4.78 is 6.89. The molecule has 9 nitrogen and oxygen atoms in total. The summed E-state index contributed by atoms with van der Waals surface area (Å²) in [5.74, 6) is 1.24. The van der Waals surface area contributed by atoms with Gasteiger partial charge in [-0.3, -0.25) is 19.1 Å². The summed E-state index contributed by atoms with van der Waals surface area (Å²) in [5, 5.41) is 8.75. The van der Waals surface area contributed by atoms with E-state index in [0.29, 0.717) is 48.2 Å². The van der Waals surface area contributed by atoms with Gasteiger partial charge < -0.3 is 9.64 Å². The van der Waals surface area contributed by atoms with Gasteiger partial charge in [0, 0.05) is 31.4 Å². The highest BCUT2D eigenvalue weighted by Crippen LogP contribution is 2.41. The average molecular weight is 418 g/mol. The molecular weight excluding hydrogens is 396 g/mol. The number of likely N-dealkylation sites (tertiary alicyclic amines) is 1. The summed E-state index contributed by atoms with van der Waals surface area (Å²) in [6.07, 6.45) is 4.60. The van der Waals surface area contributed by atoms with Crippen molar-refractivity contribution in [1.82, 2.24) is 29.6 Å². The van der Waals surface area contributed by atoms with Gasteiger partial charge >= 0.3 is 0 Å². The fraction of sp³-hybridized carbons (Fsp3) is 0.364. The molecule has 1 atom stereocenters. The summed E-state index contributed by atoms with van der Waals surface area (Å²) >= 11 is 0. The predicted octanol–water partition coefficient (Wildman–Crippen LogP) is 1.60. The lowest BCUT2D eigenvalue weighted by molar-refractivity contribution is 0.0776. The first-order valence-corrected chi connectivity index (χ1v) is 10.2. The molecule has 3 aromatic rings. The molecule has 2 aromatic heterocycles. The van der Waals surface area contributed by atoms with Gasteiger partial charge in [0.15, 0.2) is 5.69 Å². The lowest BCUT2D eigenvalue weighted by Crippen LogP contribution is -2.35. The van der Waals surface area contributed by atoms with Crippen molar-refractivity contribution in [3.8, 4) is 17.0 Å². The molecule has 1 amide bonds. The second kappa shape index (κ2) is 7.26. The predicted molar refractivity (Wildman–Crippen MR) is 112 cm³/mol. The summed E-state index contributed by atoms with van der Waals surface area (Å²) in [7, 11) is 1.60. The van der Waals surface area contributed by atoms with Crippen LogP contribution in [0.5, 0.6) is 5.75 Å². The number of carbonyl (C=O) groups is 1. The summed E-state index contributed by atoms with van der Waals surface area (Å²) in [6, 6.07) is 7.20. The zero-order chi connectivity index (χ0) is 21.6. The van der Waals surface area contributed by atoms with E-state index in [1.807, 2.05) is 6.92 Å². The van der Waals surface area contributed by atoms with E-state index in [9.17, 15) is 9.59 Å². The zero-order valence-corrected chi connectivity index (χ0v) is 17.4. The molecule has 1 saturated heterocycles. The van der Waals surface area contributed by atoms with Crippen molar-refractivity contribution in [3.63, 3.8) is 0 Å². The van der Waals surface area contributed by atoms with Gasteiger partial charge in [-0.2, -0.15) is 0 Å². The van der Waals surface area contributed by atoms with E-state index in [1.54, 1.807) is 47.0 Å². The van der Waals surface area contributed by atoms with Crippen LogP contribution in [0.4, 0.5) is 0 Å². The van der Waals surface area contributed by atoms with Gasteiger partial charge in [0.05, 0.1) is 24.4 Å². The molecule has 0 bridgehead atoms. The van der Waals surface area contributed by atoms with Crippen molar-refractivity contribution in [3.05, 3.63) is 64.2 Å². The summed E-state index contributed by atoms with van der Waals surface area (Å²) in [6.45, 7) is 3.49. The molecule has 2 aliphatic rings. The second-order valence-corrected chi connectivity index (χ2v) is 8.11. The number of methoxy groups -OCH3 is 1. The third kappa shape index (κ3) is 3.17. The van der Waals surface area contributed by atoms with E-state index in [4.69, 9.17) is 4.74 Å². The number of aryl methyl sites for hydroxylation is 1. The van der Waals surface area contributed by atoms with Gasteiger partial charge in [-0.1, -0.05) is 0 Å². The van der Waals surface area contributed by atoms with Crippen LogP contribution in [0, 0.1) is 6.92 Å². The van der Waals surface area contributed by atoms with Crippen LogP contribution in [-0.2, 0) is 12.0 Å². The highest BCUT2D eigenvalue weighted by Gasteiger charge is 2.48. The van der Waals surface area contributed by atoms with E-state index >= 15 is 0 Å². The van der Waals surface area contributed by atoms with Crippen LogP contribution in [0.2, 0.25) is 0 Å². The van der Waals surface area contributed by atoms with Crippen molar-refractivity contribution in [2.45, 2.75) is 31.7 Å². The smallest absolute Gasteiger partial charge is 0.280 e. The van der Waals surface area contributed by atoms with Gasteiger partial charge in [0.2, 0.25) is 0 Å². The number of rotatable bonds is 3. The standard InChI is InChI=1S/C22H22N6O3/c1-14-11-24-17(12-23-14)19(29)27-9-7-22(13-27)8-10-28-20(30)18(25-26-21(22)28)15-3-5-16(31-2)6-4-15/h3-6,11-12H,7-10,13H2,1-2H3/t22-/m0/s1. The Balaban J connectivity index is 1.43. The Morgan fingerprint density at radius 3 is 2.55 bits per heavy atom. The summed E-state index contributed by atoms with van der Waals surface area (Å²) in [5.41, 5.74) is 1.62. The van der Waals surface area contributed by atoms with Gasteiger partial charge in [0.1, 0.15) is 17.3 Å². The normalized spacial score (nSPS) is 19.6. The third-order valence-corrected chi connectivity index (χ3v) is 6.24. The maximum atomic E-state index is 13.2. The number of amides is 1. The minimum atomic E-state index is -0.349. The largest absolute Gasteiger partial charge is 0.497 e. The number of aromatic nitrogens is 5. The molecule has 0 radical (unpaired) electrons. The molecule has 0 unspecified atom stereocenters. The average Bonchev–Trinajstić information content (AvgIpc) is 3.39. The monoisotopic (exact) mass is 418 g/mol. The van der Waals surface area contributed by atoms with Crippen LogP contribution in [0.1, 0.15) is 34.8 Å². The Morgan fingerprint density at radius 1 is 1.06 bits per heavy atom. The Bertz CT molecular complexity index is 1210. The lowest BCUT2D eigenvalue weighted by Gasteiger charge is -2.22. The molecule has 9 heteroatoms. The van der Waals surface area contributed by atoms with Crippen LogP contribution in [-0.4, -0.2) is 55.7 Å². The number of hydrogen-bond acceptors (Lipinski definition) is 7. The van der Waals surface area contributed by atoms with E-state index in [2.05, 4.69) is 20.2 Å². The highest BCUT2D eigenvalue weighted by atomic mass is 16.5. The number of hydrogen-bond donors (Lipinski definition) is 0. The molecule has 5 rings (SSSR count). The number of fused-ring (bicyclic) bond motifs is 2. The molecule has 0 saturated carbocycles. The molecule has 1 spiro atoms. The molecular formula is C22H22N6O3. The van der Waals surface area contributed by atoms with Crippen LogP contribution in [0.15, 0.2) is 41.5 Å². The number of ether oxygens (including phenoxy) is 1. The van der Waals surface area contributed by atoms with Gasteiger partial charge in [0.25, 0.3) is 11.5 Å². The first kappa shape index (κ1) is 19.3. The SMILES string of the molecule is COc1ccc(-c2nnc3n(c2=O)CC[C@]32CCN(C(=O)c3cnc(C)cn3)C2)cc1. The van der Waals surface area contributed by atoms with Gasteiger partial charge in [-0.25, -0.2) is 4.98 Å². The van der Waals surface area contributed by atoms with Crippen molar-refractivity contribution in [2.75, 3.05) is 20.2 Å². The minimum absolute atomic E-state index is 0.145. The quantitative estimate of drug-likeness (QED) is 0.636. The molecule has 31 heavy (non-hydrogen) atoms. The van der Waals surface area contributed by atoms with E-state index < -0.39 is 0 Å². The van der Waals surface area contributed by atoms with Crippen LogP contribution in [0.25, 0.3) is 11.3 Å². The minimum Gasteiger partial charge on any atom is -0.497 e. The zero-order valence-electron chi connectivity index (χ0n) is 17.4. The van der Waals surface area contributed by atoms with E-state index in [0.717, 1.165) is 18.5 Å². The fourth-order valence-electron chi connectivity index (χ4n) is 4.48. The van der Waals surface area contributed by atoms with E-state index in [1.165, 1.54) is 6.20 Å². The number of nitrogens with zero attached hydrogens (tertiary/aromatic N) is 6. The molecule has 1 aromatic carbocycles. The van der Waals surface area contributed by atoms with Crippen LogP contribution >= 0.6 is 0 Å².